The van der Waals surface area contributed by atoms with Gasteiger partial charge in [-0.2, -0.15) is 0 Å². The molecule has 2 fully saturated rings. The Labute approximate surface area is 360 Å². The van der Waals surface area contributed by atoms with E-state index in [0.29, 0.717) is 36.7 Å². The molecule has 0 spiro atoms. The van der Waals surface area contributed by atoms with Gasteiger partial charge in [-0.1, -0.05) is 44.2 Å². The van der Waals surface area contributed by atoms with Crippen molar-refractivity contribution >= 4 is 35.0 Å². The highest BCUT2D eigenvalue weighted by molar-refractivity contribution is 5.88. The molecule has 2 aliphatic rings. The third kappa shape index (κ3) is 9.57. The Morgan fingerprint density at radius 1 is 0.694 bits per heavy atom. The van der Waals surface area contributed by atoms with E-state index in [2.05, 4.69) is 25.6 Å². The van der Waals surface area contributed by atoms with Gasteiger partial charge in [-0.3, -0.25) is 14.6 Å². The molecule has 4 amide bonds. The number of methoxy groups -OCH3 is 2. The molecule has 17 heteroatoms. The topological polar surface area (TPSA) is 210 Å². The van der Waals surface area contributed by atoms with Crippen LogP contribution >= 0.6 is 0 Å². The first-order valence-electron chi connectivity index (χ1n) is 21.1. The van der Waals surface area contributed by atoms with Crippen LogP contribution in [0.1, 0.15) is 91.0 Å². The molecule has 3 aromatic heterocycles. The molecule has 5 heterocycles. The first-order valence-corrected chi connectivity index (χ1v) is 21.1. The Morgan fingerprint density at radius 2 is 1.21 bits per heavy atom. The van der Waals surface area contributed by atoms with Gasteiger partial charge in [0.15, 0.2) is 0 Å². The van der Waals surface area contributed by atoms with Crippen LogP contribution in [-0.4, -0.2) is 115 Å². The number of likely N-dealkylation sites (tertiary alicyclic amines) is 2. The molecule has 328 valence electrons. The number of benzene rings is 2. The predicted octanol–water partition coefficient (Wildman–Crippen LogP) is 6.71. The molecule has 0 aliphatic carbocycles. The van der Waals surface area contributed by atoms with Crippen LogP contribution in [0.15, 0.2) is 61.1 Å². The average molecular weight is 849 g/mol. The number of carbonyl (C=O) groups excluding carboxylic acids is 4. The second-order valence-corrected chi connectivity index (χ2v) is 17.2. The summed E-state index contributed by atoms with van der Waals surface area (Å²) in [5.41, 5.74) is 5.94. The van der Waals surface area contributed by atoms with E-state index in [4.69, 9.17) is 29.2 Å². The number of nitrogens with zero attached hydrogens (tertiary/aromatic N) is 6. The van der Waals surface area contributed by atoms with Gasteiger partial charge in [-0.05, 0) is 77.0 Å². The van der Waals surface area contributed by atoms with Gasteiger partial charge in [0.2, 0.25) is 11.8 Å². The van der Waals surface area contributed by atoms with Crippen molar-refractivity contribution in [2.45, 2.75) is 103 Å². The molecule has 0 bridgehead atoms. The monoisotopic (exact) mass is 848 g/mol. The Bertz CT molecular complexity index is 2410. The zero-order valence-electron chi connectivity index (χ0n) is 36.5. The molecule has 2 aromatic carbocycles. The fourth-order valence-electron chi connectivity index (χ4n) is 8.32. The number of carbonyl (C=O) groups is 4. The quantitative estimate of drug-likeness (QED) is 0.104. The third-order valence-electron chi connectivity index (χ3n) is 11.4. The van der Waals surface area contributed by atoms with Crippen LogP contribution in [0.4, 0.5) is 9.59 Å². The maximum atomic E-state index is 14.0. The van der Waals surface area contributed by atoms with Gasteiger partial charge >= 0.3 is 12.2 Å². The van der Waals surface area contributed by atoms with Crippen LogP contribution in [0.25, 0.3) is 44.8 Å². The molecule has 4 N–H and O–H groups in total. The normalized spacial score (nSPS) is 18.1. The average Bonchev–Trinajstić information content (AvgIpc) is 4.10. The Morgan fingerprint density at radius 3 is 1.76 bits per heavy atom. The SMILES string of the molecule is COC(=O)N[C@H](C(=O)N1CCC[C@H]1c1ncc(-c2ccc(-c3cnc4cc(-c5cnc([C@@H]6CCCN6C(=O)[C@@H](NC(=O)OC)[C@@H](C)OC(C)(C)C)[nH]5)ccc4n3)cc2)[nH]1)C(C)C. The number of ether oxygens (including phenoxy) is 3. The summed E-state index contributed by atoms with van der Waals surface area (Å²) in [5, 5.41) is 5.38. The van der Waals surface area contributed by atoms with Crippen molar-refractivity contribution < 1.29 is 33.4 Å². The van der Waals surface area contributed by atoms with Crippen molar-refractivity contribution in [2.75, 3.05) is 27.3 Å². The van der Waals surface area contributed by atoms with Gasteiger partial charge in [-0.15, -0.1) is 0 Å². The van der Waals surface area contributed by atoms with E-state index in [1.807, 2.05) is 77.1 Å². The lowest BCUT2D eigenvalue weighted by Crippen LogP contribution is -2.55. The van der Waals surface area contributed by atoms with Crippen molar-refractivity contribution in [2.24, 2.45) is 5.92 Å². The number of imidazole rings is 2. The summed E-state index contributed by atoms with van der Waals surface area (Å²) in [6.07, 6.45) is 6.45. The van der Waals surface area contributed by atoms with Crippen LogP contribution in [0.5, 0.6) is 0 Å². The summed E-state index contributed by atoms with van der Waals surface area (Å²) < 4.78 is 15.7. The highest BCUT2D eigenvalue weighted by atomic mass is 16.5. The standard InChI is InChI=1S/C45H56N10O7/c1-25(2)37(52-43(58)60-7)41(56)54-19-9-11-35(54)39-47-23-33(50-39)28-15-13-27(14-16-28)32-22-46-31-21-29(17-18-30(31)49-32)34-24-48-40(51-34)36-12-10-20-55(36)42(57)38(53-44(59)61-8)26(3)62-45(4,5)6/h13-18,21-26,35-38H,9-12,19-20H2,1-8H3,(H,47,50)(H,48,51)(H,52,58)(H,53,59)/t26-,35+,36+,37+,38+/m1/s1. The van der Waals surface area contributed by atoms with Gasteiger partial charge in [0, 0.05) is 24.2 Å². The molecule has 2 saturated heterocycles. The van der Waals surface area contributed by atoms with E-state index in [1.165, 1.54) is 14.2 Å². The third-order valence-corrected chi connectivity index (χ3v) is 11.4. The molecule has 2 aliphatic heterocycles. The smallest absolute Gasteiger partial charge is 0.407 e. The number of alkyl carbamates (subject to hydrolysis) is 2. The van der Waals surface area contributed by atoms with E-state index < -0.39 is 36.0 Å². The Kier molecular flexibility index (Phi) is 12.9. The molecule has 7 rings (SSSR count). The number of fused-ring (bicyclic) bond motifs is 1. The van der Waals surface area contributed by atoms with Crippen LogP contribution in [-0.2, 0) is 23.8 Å². The summed E-state index contributed by atoms with van der Waals surface area (Å²) >= 11 is 0. The van der Waals surface area contributed by atoms with E-state index in [0.717, 1.165) is 58.6 Å². The number of hydrogen-bond acceptors (Lipinski definition) is 11. The van der Waals surface area contributed by atoms with Crippen molar-refractivity contribution in [1.82, 2.24) is 50.3 Å². The van der Waals surface area contributed by atoms with Crippen LogP contribution in [0, 0.1) is 5.92 Å². The summed E-state index contributed by atoms with van der Waals surface area (Å²) in [4.78, 5) is 81.3. The molecule has 0 unspecified atom stereocenters. The molecule has 5 aromatic rings. The summed E-state index contributed by atoms with van der Waals surface area (Å²) in [6.45, 7) is 12.4. The number of hydrogen-bond donors (Lipinski definition) is 4. The maximum Gasteiger partial charge on any atom is 0.407 e. The molecule has 0 radical (unpaired) electrons. The van der Waals surface area contributed by atoms with Gasteiger partial charge in [0.05, 0.1) is 84.7 Å². The number of H-pyrrole nitrogens is 2. The maximum absolute atomic E-state index is 14.0. The zero-order chi connectivity index (χ0) is 44.3. The molecule has 62 heavy (non-hydrogen) atoms. The molecule has 0 saturated carbocycles. The van der Waals surface area contributed by atoms with Crippen molar-refractivity contribution in [1.29, 1.82) is 0 Å². The Balaban J connectivity index is 1.02. The molecule has 17 nitrogen and oxygen atoms in total. The van der Waals surface area contributed by atoms with Crippen molar-refractivity contribution in [3.63, 3.8) is 0 Å². The highest BCUT2D eigenvalue weighted by Crippen LogP contribution is 2.35. The minimum atomic E-state index is -0.945. The van der Waals surface area contributed by atoms with Gasteiger partial charge in [0.25, 0.3) is 0 Å². The fraction of sp³-hybridized carbons (Fsp3) is 0.467. The largest absolute Gasteiger partial charge is 0.453 e. The van der Waals surface area contributed by atoms with Crippen molar-refractivity contribution in [3.05, 3.63) is 72.7 Å². The second kappa shape index (κ2) is 18.3. The van der Waals surface area contributed by atoms with E-state index in [9.17, 15) is 19.2 Å². The predicted molar refractivity (Wildman–Crippen MR) is 231 cm³/mol. The number of amides is 4. The summed E-state index contributed by atoms with van der Waals surface area (Å²) in [7, 11) is 2.55. The van der Waals surface area contributed by atoms with E-state index in [-0.39, 0.29) is 29.8 Å². The molecular weight excluding hydrogens is 793 g/mol. The lowest BCUT2D eigenvalue weighted by molar-refractivity contribution is -0.142. The fourth-order valence-corrected chi connectivity index (χ4v) is 8.32. The first kappa shape index (κ1) is 43.7. The number of nitrogens with one attached hydrogen (secondary N) is 4. The summed E-state index contributed by atoms with van der Waals surface area (Å²) in [5.74, 6) is 0.825. The van der Waals surface area contributed by atoms with Crippen molar-refractivity contribution in [3.8, 4) is 33.8 Å². The van der Waals surface area contributed by atoms with Gasteiger partial charge in [-0.25, -0.2) is 24.5 Å². The lowest BCUT2D eigenvalue weighted by Gasteiger charge is -2.34. The summed E-state index contributed by atoms with van der Waals surface area (Å²) in [6, 6.07) is 11.7. The molecular formula is C45H56N10O7. The number of aromatic nitrogens is 6. The molecule has 5 atom stereocenters. The van der Waals surface area contributed by atoms with Crippen LogP contribution < -0.4 is 10.6 Å². The van der Waals surface area contributed by atoms with Crippen LogP contribution in [0.3, 0.4) is 0 Å². The van der Waals surface area contributed by atoms with E-state index in [1.54, 1.807) is 35.3 Å². The number of aromatic amines is 2. The highest BCUT2D eigenvalue weighted by Gasteiger charge is 2.40. The first-order chi connectivity index (χ1) is 29.6. The van der Waals surface area contributed by atoms with Gasteiger partial charge in [0.1, 0.15) is 23.7 Å². The second-order valence-electron chi connectivity index (χ2n) is 17.2. The van der Waals surface area contributed by atoms with E-state index >= 15 is 0 Å². The number of rotatable bonds is 12. The minimum absolute atomic E-state index is 0.118. The minimum Gasteiger partial charge on any atom is -0.453 e. The van der Waals surface area contributed by atoms with Gasteiger partial charge < -0.3 is 44.6 Å². The Hall–Kier alpha value is -6.36. The zero-order valence-corrected chi connectivity index (χ0v) is 36.5. The lowest BCUT2D eigenvalue weighted by atomic mass is 10.0. The van der Waals surface area contributed by atoms with Crippen LogP contribution in [0.2, 0.25) is 0 Å².